The number of rotatable bonds is 3. The number of nitrogens with zero attached hydrogens (tertiary/aromatic N) is 2. The van der Waals surface area contributed by atoms with E-state index in [0.29, 0.717) is 16.8 Å². The Morgan fingerprint density at radius 1 is 1.50 bits per heavy atom. The molecule has 18 heavy (non-hydrogen) atoms. The number of fused-ring (bicyclic) bond motifs is 1. The largest absolute Gasteiger partial charge is 0.480 e. The number of anilines is 1. The molecule has 0 spiro atoms. The number of amides is 1. The molecule has 0 aliphatic carbocycles. The minimum atomic E-state index is -1.58. The van der Waals surface area contributed by atoms with Gasteiger partial charge in [-0.2, -0.15) is 0 Å². The van der Waals surface area contributed by atoms with Crippen LogP contribution in [0.2, 0.25) is 0 Å². The van der Waals surface area contributed by atoms with E-state index in [1.54, 1.807) is 18.2 Å². The molecule has 0 aliphatic rings. The summed E-state index contributed by atoms with van der Waals surface area (Å²) in [5, 5.41) is 8.69. The summed E-state index contributed by atoms with van der Waals surface area (Å²) >= 11 is 0. The van der Waals surface area contributed by atoms with E-state index in [1.165, 1.54) is 18.3 Å². The fourth-order valence-corrected chi connectivity index (χ4v) is 1.49. The Morgan fingerprint density at radius 2 is 2.22 bits per heavy atom. The van der Waals surface area contributed by atoms with Crippen LogP contribution in [0.25, 0.3) is 11.1 Å². The van der Waals surface area contributed by atoms with Crippen molar-refractivity contribution in [2.75, 3.05) is 11.9 Å². The average Bonchev–Trinajstić information content (AvgIpc) is 2.82. The normalized spacial score (nSPS) is 12.3. The first-order valence-corrected chi connectivity index (χ1v) is 5.10. The molecule has 1 unspecified atom stereocenters. The molecule has 2 rings (SSSR count). The number of benzene rings is 1. The molecule has 7 heteroatoms. The van der Waals surface area contributed by atoms with Crippen LogP contribution in [0.1, 0.15) is 0 Å². The Hall–Kier alpha value is -2.41. The Labute approximate surface area is 102 Å². The molecule has 0 radical (unpaired) electrons. The molecule has 0 saturated carbocycles. The number of hydrogen-bond donors (Lipinski definition) is 2. The van der Waals surface area contributed by atoms with Gasteiger partial charge in [-0.05, 0) is 12.1 Å². The zero-order valence-corrected chi connectivity index (χ0v) is 9.53. The second-order valence-electron chi connectivity index (χ2n) is 3.72. The standard InChI is InChI=1S/C11H11N3O4/c1-14(10(15)9(12)11(16)17)6-2-3-7-8(4-6)18-5-13-7/h2-5,9H,12H2,1H3,(H,16,17). The number of carbonyl (C=O) groups is 2. The van der Waals surface area contributed by atoms with Crippen LogP contribution in [-0.4, -0.2) is 35.1 Å². The lowest BCUT2D eigenvalue weighted by Crippen LogP contribution is -2.46. The minimum Gasteiger partial charge on any atom is -0.480 e. The van der Waals surface area contributed by atoms with E-state index in [2.05, 4.69) is 4.98 Å². The minimum absolute atomic E-state index is 0.487. The molecule has 2 aromatic rings. The molecule has 1 aromatic carbocycles. The number of oxazole rings is 1. The van der Waals surface area contributed by atoms with Crippen molar-refractivity contribution in [1.29, 1.82) is 0 Å². The third-order valence-corrected chi connectivity index (χ3v) is 2.56. The van der Waals surface area contributed by atoms with Gasteiger partial charge in [0, 0.05) is 18.8 Å². The summed E-state index contributed by atoms with van der Waals surface area (Å²) in [7, 11) is 1.45. The number of carbonyl (C=O) groups excluding carboxylic acids is 1. The molecule has 7 nitrogen and oxygen atoms in total. The molecule has 0 bridgehead atoms. The van der Waals surface area contributed by atoms with Gasteiger partial charge in [0.15, 0.2) is 18.0 Å². The van der Waals surface area contributed by atoms with Crippen LogP contribution in [0.15, 0.2) is 29.0 Å². The lowest BCUT2D eigenvalue weighted by Gasteiger charge is -2.19. The van der Waals surface area contributed by atoms with E-state index in [4.69, 9.17) is 15.3 Å². The van der Waals surface area contributed by atoms with Gasteiger partial charge < -0.3 is 20.2 Å². The topological polar surface area (TPSA) is 110 Å². The van der Waals surface area contributed by atoms with E-state index in [9.17, 15) is 9.59 Å². The van der Waals surface area contributed by atoms with Gasteiger partial charge in [0.1, 0.15) is 5.52 Å². The van der Waals surface area contributed by atoms with Gasteiger partial charge in [0.25, 0.3) is 5.91 Å². The molecular formula is C11H11N3O4. The molecule has 0 fully saturated rings. The highest BCUT2D eigenvalue weighted by Gasteiger charge is 2.25. The number of aliphatic carboxylic acids is 1. The number of carboxylic acids is 1. The summed E-state index contributed by atoms with van der Waals surface area (Å²) in [5.74, 6) is -2.08. The highest BCUT2D eigenvalue weighted by Crippen LogP contribution is 2.20. The summed E-state index contributed by atoms with van der Waals surface area (Å²) in [4.78, 5) is 27.5. The van der Waals surface area contributed by atoms with Crippen molar-refractivity contribution in [3.63, 3.8) is 0 Å². The summed E-state index contributed by atoms with van der Waals surface area (Å²) in [6, 6.07) is 3.32. The predicted molar refractivity (Wildman–Crippen MR) is 63.0 cm³/mol. The SMILES string of the molecule is CN(C(=O)C(N)C(=O)O)c1ccc2ncoc2c1. The lowest BCUT2D eigenvalue weighted by atomic mass is 10.2. The Balaban J connectivity index is 2.29. The Bertz CT molecular complexity index is 607. The van der Waals surface area contributed by atoms with Gasteiger partial charge in [0.2, 0.25) is 0 Å². The average molecular weight is 249 g/mol. The number of hydrogen-bond acceptors (Lipinski definition) is 5. The summed E-state index contributed by atoms with van der Waals surface area (Å²) in [5.41, 5.74) is 6.92. The number of carboxylic acid groups (broad SMARTS) is 1. The van der Waals surface area contributed by atoms with E-state index in [1.807, 2.05) is 0 Å². The van der Waals surface area contributed by atoms with Crippen molar-refractivity contribution in [2.45, 2.75) is 6.04 Å². The second-order valence-corrected chi connectivity index (χ2v) is 3.72. The van der Waals surface area contributed by atoms with Gasteiger partial charge in [-0.1, -0.05) is 0 Å². The van der Waals surface area contributed by atoms with Gasteiger partial charge in [-0.3, -0.25) is 4.79 Å². The predicted octanol–water partition coefficient (Wildman–Crippen LogP) is 0.202. The maximum Gasteiger partial charge on any atom is 0.330 e. The van der Waals surface area contributed by atoms with Crippen molar-refractivity contribution in [3.05, 3.63) is 24.6 Å². The molecule has 1 heterocycles. The van der Waals surface area contributed by atoms with Gasteiger partial charge in [-0.15, -0.1) is 0 Å². The number of likely N-dealkylation sites (N-methyl/N-ethyl adjacent to an activating group) is 1. The van der Waals surface area contributed by atoms with E-state index in [-0.39, 0.29) is 0 Å². The molecule has 1 amide bonds. The van der Waals surface area contributed by atoms with Crippen LogP contribution in [0.3, 0.4) is 0 Å². The quantitative estimate of drug-likeness (QED) is 0.752. The maximum atomic E-state index is 11.7. The van der Waals surface area contributed by atoms with Gasteiger partial charge in [0.05, 0.1) is 0 Å². The van der Waals surface area contributed by atoms with Crippen LogP contribution in [-0.2, 0) is 9.59 Å². The smallest absolute Gasteiger partial charge is 0.330 e. The zero-order valence-electron chi connectivity index (χ0n) is 9.53. The molecule has 1 aromatic heterocycles. The first-order valence-electron chi connectivity index (χ1n) is 5.10. The molecule has 94 valence electrons. The lowest BCUT2D eigenvalue weighted by molar-refractivity contribution is -0.142. The number of aromatic nitrogens is 1. The highest BCUT2D eigenvalue weighted by atomic mass is 16.4. The Kier molecular flexibility index (Phi) is 2.99. The second kappa shape index (κ2) is 4.46. The zero-order chi connectivity index (χ0) is 13.3. The Morgan fingerprint density at radius 3 is 2.89 bits per heavy atom. The van der Waals surface area contributed by atoms with Crippen LogP contribution in [0, 0.1) is 0 Å². The van der Waals surface area contributed by atoms with Crippen molar-refractivity contribution in [2.24, 2.45) is 5.73 Å². The summed E-state index contributed by atoms with van der Waals surface area (Å²) in [6.07, 6.45) is 1.29. The van der Waals surface area contributed by atoms with Crippen molar-refractivity contribution in [3.8, 4) is 0 Å². The first kappa shape index (κ1) is 12.1. The van der Waals surface area contributed by atoms with Crippen LogP contribution in [0.5, 0.6) is 0 Å². The van der Waals surface area contributed by atoms with E-state index < -0.39 is 17.9 Å². The van der Waals surface area contributed by atoms with Gasteiger partial charge in [-0.25, -0.2) is 9.78 Å². The fraction of sp³-hybridized carbons (Fsp3) is 0.182. The maximum absolute atomic E-state index is 11.7. The van der Waals surface area contributed by atoms with Crippen LogP contribution in [0.4, 0.5) is 5.69 Å². The number of nitrogens with two attached hydrogens (primary N) is 1. The van der Waals surface area contributed by atoms with Crippen LogP contribution >= 0.6 is 0 Å². The first-order chi connectivity index (χ1) is 8.50. The third kappa shape index (κ3) is 2.03. The molecule has 0 saturated heterocycles. The third-order valence-electron chi connectivity index (χ3n) is 2.56. The molecule has 3 N–H and O–H groups in total. The van der Waals surface area contributed by atoms with E-state index in [0.717, 1.165) is 0 Å². The summed E-state index contributed by atoms with van der Waals surface area (Å²) < 4.78 is 5.10. The fourth-order valence-electron chi connectivity index (χ4n) is 1.49. The van der Waals surface area contributed by atoms with Gasteiger partial charge >= 0.3 is 5.97 Å². The van der Waals surface area contributed by atoms with Crippen molar-refractivity contribution >= 4 is 28.7 Å². The van der Waals surface area contributed by atoms with Crippen molar-refractivity contribution in [1.82, 2.24) is 4.98 Å². The summed E-state index contributed by atoms with van der Waals surface area (Å²) in [6.45, 7) is 0. The molecule has 0 aliphatic heterocycles. The monoisotopic (exact) mass is 249 g/mol. The van der Waals surface area contributed by atoms with Crippen LogP contribution < -0.4 is 10.6 Å². The van der Waals surface area contributed by atoms with Crippen molar-refractivity contribution < 1.29 is 19.1 Å². The van der Waals surface area contributed by atoms with E-state index >= 15 is 0 Å². The molecule has 1 atom stereocenters. The molecular weight excluding hydrogens is 238 g/mol. The highest BCUT2D eigenvalue weighted by molar-refractivity contribution is 6.09.